The molecule has 8 nitrogen and oxygen atoms in total. The lowest BCUT2D eigenvalue weighted by atomic mass is 10.1. The van der Waals surface area contributed by atoms with E-state index < -0.39 is 17.7 Å². The minimum atomic E-state index is -0.999. The highest BCUT2D eigenvalue weighted by molar-refractivity contribution is 14.1. The van der Waals surface area contributed by atoms with Crippen LogP contribution < -0.4 is 14.9 Å². The first-order valence-corrected chi connectivity index (χ1v) is 11.3. The van der Waals surface area contributed by atoms with Gasteiger partial charge in [0.25, 0.3) is 5.91 Å². The summed E-state index contributed by atoms with van der Waals surface area (Å²) in [4.78, 5) is 23.2. The average Bonchev–Trinajstić information content (AvgIpc) is 2.83. The fourth-order valence-corrected chi connectivity index (χ4v) is 3.74. The molecular formula is C25H19FIN3O5. The number of hydrogen-bond acceptors (Lipinski definition) is 6. The maximum Gasteiger partial charge on any atom is 0.335 e. The Labute approximate surface area is 214 Å². The van der Waals surface area contributed by atoms with E-state index in [0.717, 1.165) is 15.2 Å². The van der Waals surface area contributed by atoms with Gasteiger partial charge >= 0.3 is 5.97 Å². The summed E-state index contributed by atoms with van der Waals surface area (Å²) in [5.41, 5.74) is 3.73. The number of halogens is 2. The number of nitrogens with one attached hydrogen (secondary N) is 1. The normalized spacial score (nSPS) is 10.6. The van der Waals surface area contributed by atoms with Crippen molar-refractivity contribution in [3.8, 4) is 17.6 Å². The number of amides is 1. The Hall–Kier alpha value is -3.98. The molecule has 0 unspecified atom stereocenters. The number of benzene rings is 3. The van der Waals surface area contributed by atoms with Crippen molar-refractivity contribution in [1.82, 2.24) is 5.43 Å². The van der Waals surface area contributed by atoms with Crippen molar-refractivity contribution in [2.75, 3.05) is 6.61 Å². The molecule has 0 spiro atoms. The number of carboxylic acids is 1. The summed E-state index contributed by atoms with van der Waals surface area (Å²) in [7, 11) is 0. The molecule has 0 aromatic heterocycles. The van der Waals surface area contributed by atoms with E-state index in [0.29, 0.717) is 23.7 Å². The molecule has 35 heavy (non-hydrogen) atoms. The molecule has 3 aromatic rings. The Kier molecular flexibility index (Phi) is 8.74. The molecule has 0 saturated heterocycles. The summed E-state index contributed by atoms with van der Waals surface area (Å²) in [6.45, 7) is 2.42. The maximum absolute atomic E-state index is 14.0. The quantitative estimate of drug-likeness (QED) is 0.212. The summed E-state index contributed by atoms with van der Waals surface area (Å²) in [6.07, 6.45) is 1.39. The lowest BCUT2D eigenvalue weighted by Crippen LogP contribution is -2.19. The first-order valence-electron chi connectivity index (χ1n) is 10.3. The zero-order chi connectivity index (χ0) is 25.4. The van der Waals surface area contributed by atoms with Gasteiger partial charge in [0.1, 0.15) is 12.4 Å². The van der Waals surface area contributed by atoms with Crippen LogP contribution in [0.1, 0.15) is 44.3 Å². The Morgan fingerprint density at radius 1 is 1.17 bits per heavy atom. The van der Waals surface area contributed by atoms with E-state index in [1.807, 2.05) is 6.92 Å². The third-order valence-corrected chi connectivity index (χ3v) is 5.44. The third kappa shape index (κ3) is 6.77. The van der Waals surface area contributed by atoms with Gasteiger partial charge in [-0.1, -0.05) is 12.1 Å². The molecule has 0 heterocycles. The van der Waals surface area contributed by atoms with E-state index in [1.165, 1.54) is 30.5 Å². The van der Waals surface area contributed by atoms with Gasteiger partial charge in [-0.25, -0.2) is 14.6 Å². The van der Waals surface area contributed by atoms with Crippen LogP contribution in [0.3, 0.4) is 0 Å². The average molecular weight is 587 g/mol. The largest absolute Gasteiger partial charge is 0.490 e. The van der Waals surface area contributed by atoms with Crippen molar-refractivity contribution in [2.24, 2.45) is 5.10 Å². The van der Waals surface area contributed by atoms with Crippen LogP contribution in [0.4, 0.5) is 4.39 Å². The number of hydrogen-bond donors (Lipinski definition) is 2. The molecule has 0 saturated carbocycles. The zero-order valence-electron chi connectivity index (χ0n) is 18.4. The van der Waals surface area contributed by atoms with E-state index in [1.54, 1.807) is 30.3 Å². The monoisotopic (exact) mass is 587 g/mol. The van der Waals surface area contributed by atoms with Gasteiger partial charge in [-0.05, 0) is 83.1 Å². The minimum Gasteiger partial charge on any atom is -0.490 e. The van der Waals surface area contributed by atoms with Gasteiger partial charge in [0.15, 0.2) is 11.5 Å². The van der Waals surface area contributed by atoms with Crippen molar-refractivity contribution in [2.45, 2.75) is 13.5 Å². The first kappa shape index (κ1) is 25.6. The molecule has 3 rings (SSSR count). The third-order valence-electron chi connectivity index (χ3n) is 4.64. The molecule has 10 heteroatoms. The second-order valence-corrected chi connectivity index (χ2v) is 8.22. The summed E-state index contributed by atoms with van der Waals surface area (Å²) in [5, 5.41) is 21.7. The fourth-order valence-electron chi connectivity index (χ4n) is 2.96. The van der Waals surface area contributed by atoms with E-state index in [4.69, 9.17) is 19.8 Å². The Morgan fingerprint density at radius 3 is 2.54 bits per heavy atom. The van der Waals surface area contributed by atoms with E-state index in [2.05, 4.69) is 33.1 Å². The second kappa shape index (κ2) is 11.9. The van der Waals surface area contributed by atoms with Crippen LogP contribution in [0.25, 0.3) is 0 Å². The minimum absolute atomic E-state index is 0.111. The number of ether oxygens (including phenoxy) is 2. The molecule has 0 atom stereocenters. The van der Waals surface area contributed by atoms with Crippen LogP contribution in [0.2, 0.25) is 0 Å². The van der Waals surface area contributed by atoms with Gasteiger partial charge < -0.3 is 14.6 Å². The van der Waals surface area contributed by atoms with Crippen molar-refractivity contribution in [1.29, 1.82) is 5.26 Å². The number of hydrazone groups is 1. The van der Waals surface area contributed by atoms with Crippen LogP contribution in [0.5, 0.6) is 11.5 Å². The molecule has 1 amide bonds. The van der Waals surface area contributed by atoms with Gasteiger partial charge in [0, 0.05) is 0 Å². The summed E-state index contributed by atoms with van der Waals surface area (Å²) >= 11 is 2.09. The van der Waals surface area contributed by atoms with Crippen molar-refractivity contribution in [3.63, 3.8) is 0 Å². The number of nitrogens with zero attached hydrogens (tertiary/aromatic N) is 2. The number of aromatic carboxylic acids is 1. The first-order chi connectivity index (χ1) is 16.8. The van der Waals surface area contributed by atoms with Crippen LogP contribution in [-0.2, 0) is 6.61 Å². The van der Waals surface area contributed by atoms with Gasteiger partial charge in [-0.2, -0.15) is 10.4 Å². The number of nitriles is 1. The maximum atomic E-state index is 14.0. The van der Waals surface area contributed by atoms with Crippen molar-refractivity contribution < 1.29 is 28.6 Å². The predicted molar refractivity (Wildman–Crippen MR) is 134 cm³/mol. The fraction of sp³-hybridized carbons (Fsp3) is 0.120. The number of carbonyl (C=O) groups is 2. The molecule has 3 aromatic carbocycles. The van der Waals surface area contributed by atoms with Gasteiger partial charge in [0.05, 0.1) is 39.2 Å². The highest BCUT2D eigenvalue weighted by Gasteiger charge is 2.14. The SMILES string of the molecule is CCOc1cc(/C=N\NC(=O)c2ccc(C#N)cc2F)cc(I)c1OCc1ccc(C(=O)O)cc1. The van der Waals surface area contributed by atoms with Crippen molar-refractivity contribution in [3.05, 3.63) is 91.8 Å². The number of rotatable bonds is 9. The predicted octanol–water partition coefficient (Wildman–Crippen LogP) is 4.74. The molecular weight excluding hydrogens is 568 g/mol. The van der Waals surface area contributed by atoms with Crippen LogP contribution in [-0.4, -0.2) is 29.8 Å². The zero-order valence-corrected chi connectivity index (χ0v) is 20.6. The molecule has 0 bridgehead atoms. The van der Waals surface area contributed by atoms with Crippen LogP contribution >= 0.6 is 22.6 Å². The van der Waals surface area contributed by atoms with Crippen molar-refractivity contribution >= 4 is 40.7 Å². The van der Waals surface area contributed by atoms with E-state index in [9.17, 15) is 14.0 Å². The Morgan fingerprint density at radius 2 is 1.91 bits per heavy atom. The second-order valence-electron chi connectivity index (χ2n) is 7.06. The molecule has 0 aliphatic carbocycles. The number of carbonyl (C=O) groups excluding carboxylic acids is 1. The Balaban J connectivity index is 1.72. The summed E-state index contributed by atoms with van der Waals surface area (Å²) < 4.78 is 26.4. The topological polar surface area (TPSA) is 121 Å². The standard InChI is InChI=1S/C25H19FIN3O5/c1-2-34-22-11-17(13-29-30-24(31)19-8-5-16(12-28)9-20(19)26)10-21(27)23(22)35-14-15-3-6-18(7-4-15)25(32)33/h3-11,13H,2,14H2,1H3,(H,30,31)(H,32,33)/b29-13-. The molecule has 0 fully saturated rings. The highest BCUT2D eigenvalue weighted by atomic mass is 127. The smallest absolute Gasteiger partial charge is 0.335 e. The molecule has 0 aliphatic rings. The lowest BCUT2D eigenvalue weighted by molar-refractivity contribution is 0.0696. The molecule has 2 N–H and O–H groups in total. The Bertz CT molecular complexity index is 1320. The van der Waals surface area contributed by atoms with Gasteiger partial charge in [-0.15, -0.1) is 0 Å². The lowest BCUT2D eigenvalue weighted by Gasteiger charge is -2.15. The van der Waals surface area contributed by atoms with E-state index in [-0.39, 0.29) is 23.3 Å². The summed E-state index contributed by atoms with van der Waals surface area (Å²) in [6, 6.07) is 15.2. The summed E-state index contributed by atoms with van der Waals surface area (Å²) in [5.74, 6) is -1.59. The number of carboxylic acid groups (broad SMARTS) is 1. The molecule has 0 aliphatic heterocycles. The van der Waals surface area contributed by atoms with Crippen LogP contribution in [0.15, 0.2) is 59.7 Å². The highest BCUT2D eigenvalue weighted by Crippen LogP contribution is 2.34. The van der Waals surface area contributed by atoms with Gasteiger partial charge in [-0.3, -0.25) is 4.79 Å². The van der Waals surface area contributed by atoms with E-state index >= 15 is 0 Å². The van der Waals surface area contributed by atoms with Crippen LogP contribution in [0, 0.1) is 20.7 Å². The van der Waals surface area contributed by atoms with Gasteiger partial charge in [0.2, 0.25) is 0 Å². The molecule has 0 radical (unpaired) electrons. The molecule has 178 valence electrons.